The van der Waals surface area contributed by atoms with Crippen LogP contribution in [0.4, 0.5) is 0 Å². The Hall–Kier alpha value is -0.650. The van der Waals surface area contributed by atoms with Crippen LogP contribution in [0, 0.1) is 0 Å². The molecule has 0 spiro atoms. The summed E-state index contributed by atoms with van der Waals surface area (Å²) in [5.74, 6) is -0.677. The van der Waals surface area contributed by atoms with Crippen molar-refractivity contribution >= 4 is 5.97 Å². The molecule has 0 aromatic carbocycles. The van der Waals surface area contributed by atoms with E-state index in [1.54, 1.807) is 0 Å². The van der Waals surface area contributed by atoms with E-state index in [2.05, 4.69) is 22.0 Å². The van der Waals surface area contributed by atoms with Crippen LogP contribution in [0.25, 0.3) is 0 Å². The molecular formula is C14H27N3O2. The summed E-state index contributed by atoms with van der Waals surface area (Å²) in [6.07, 6.45) is 3.09. The summed E-state index contributed by atoms with van der Waals surface area (Å²) in [4.78, 5) is 15.9. The molecule has 5 heteroatoms. The zero-order valence-corrected chi connectivity index (χ0v) is 12.2. The van der Waals surface area contributed by atoms with Gasteiger partial charge in [-0.05, 0) is 39.3 Å². The molecule has 5 nitrogen and oxygen atoms in total. The standard InChI is InChI=1S/C14H27N3O2/c1-3-12(13(18)19)16-8-10-17(11-9-16)14(2)4-6-15-7-5-14/h12,15H,3-11H2,1-2H3,(H,18,19). The average molecular weight is 269 g/mol. The van der Waals surface area contributed by atoms with Crippen LogP contribution in [0.3, 0.4) is 0 Å². The van der Waals surface area contributed by atoms with E-state index in [1.165, 1.54) is 12.8 Å². The summed E-state index contributed by atoms with van der Waals surface area (Å²) >= 11 is 0. The summed E-state index contributed by atoms with van der Waals surface area (Å²) in [5.41, 5.74) is 0.308. The largest absolute Gasteiger partial charge is 0.480 e. The second-order valence-electron chi connectivity index (χ2n) is 6.03. The second-order valence-corrected chi connectivity index (χ2v) is 6.03. The number of piperidine rings is 1. The number of carboxylic acid groups (broad SMARTS) is 1. The highest BCUT2D eigenvalue weighted by molar-refractivity contribution is 5.73. The molecule has 110 valence electrons. The topological polar surface area (TPSA) is 55.8 Å². The van der Waals surface area contributed by atoms with E-state index < -0.39 is 5.97 Å². The second kappa shape index (κ2) is 6.20. The maximum atomic E-state index is 11.2. The van der Waals surface area contributed by atoms with Gasteiger partial charge in [0.25, 0.3) is 0 Å². The van der Waals surface area contributed by atoms with E-state index in [0.717, 1.165) is 39.3 Å². The van der Waals surface area contributed by atoms with Gasteiger partial charge in [0.15, 0.2) is 0 Å². The lowest BCUT2D eigenvalue weighted by atomic mass is 9.88. The molecule has 2 N–H and O–H groups in total. The molecule has 19 heavy (non-hydrogen) atoms. The molecule has 2 aliphatic rings. The van der Waals surface area contributed by atoms with Crippen LogP contribution in [0.2, 0.25) is 0 Å². The molecule has 2 heterocycles. The van der Waals surface area contributed by atoms with E-state index in [4.69, 9.17) is 0 Å². The minimum Gasteiger partial charge on any atom is -0.480 e. The molecule has 0 bridgehead atoms. The fourth-order valence-electron chi connectivity index (χ4n) is 3.44. The van der Waals surface area contributed by atoms with Crippen molar-refractivity contribution in [1.82, 2.24) is 15.1 Å². The molecule has 2 fully saturated rings. The molecule has 2 saturated heterocycles. The van der Waals surface area contributed by atoms with Gasteiger partial charge in [0, 0.05) is 31.7 Å². The molecule has 0 amide bonds. The number of nitrogens with one attached hydrogen (secondary N) is 1. The first kappa shape index (κ1) is 14.8. The van der Waals surface area contributed by atoms with Gasteiger partial charge in [-0.1, -0.05) is 6.92 Å². The first-order valence-electron chi connectivity index (χ1n) is 7.49. The molecule has 1 atom stereocenters. The van der Waals surface area contributed by atoms with Crippen molar-refractivity contribution in [2.24, 2.45) is 0 Å². The van der Waals surface area contributed by atoms with Gasteiger partial charge in [0.1, 0.15) is 6.04 Å². The van der Waals surface area contributed by atoms with Gasteiger partial charge >= 0.3 is 5.97 Å². The quantitative estimate of drug-likeness (QED) is 0.783. The molecule has 2 aliphatic heterocycles. The molecule has 0 saturated carbocycles. The summed E-state index contributed by atoms with van der Waals surface area (Å²) in [6.45, 7) is 10.3. The van der Waals surface area contributed by atoms with Crippen LogP contribution < -0.4 is 5.32 Å². The number of hydrogen-bond donors (Lipinski definition) is 2. The predicted molar refractivity (Wildman–Crippen MR) is 75.4 cm³/mol. The van der Waals surface area contributed by atoms with E-state index in [-0.39, 0.29) is 6.04 Å². The Kier molecular flexibility index (Phi) is 4.81. The van der Waals surface area contributed by atoms with Crippen LogP contribution >= 0.6 is 0 Å². The van der Waals surface area contributed by atoms with E-state index in [1.807, 2.05) is 6.92 Å². The monoisotopic (exact) mass is 269 g/mol. The summed E-state index contributed by atoms with van der Waals surface area (Å²) < 4.78 is 0. The number of carbonyl (C=O) groups is 1. The molecule has 2 rings (SSSR count). The zero-order valence-electron chi connectivity index (χ0n) is 12.2. The predicted octanol–water partition coefficient (Wildman–Crippen LogP) is 0.609. The highest BCUT2D eigenvalue weighted by Crippen LogP contribution is 2.27. The van der Waals surface area contributed by atoms with Crippen molar-refractivity contribution in [2.75, 3.05) is 39.3 Å². The Morgan fingerprint density at radius 1 is 1.26 bits per heavy atom. The van der Waals surface area contributed by atoms with Crippen molar-refractivity contribution in [3.8, 4) is 0 Å². The minimum absolute atomic E-state index is 0.303. The Morgan fingerprint density at radius 3 is 2.32 bits per heavy atom. The molecule has 0 aromatic heterocycles. The van der Waals surface area contributed by atoms with Crippen molar-refractivity contribution in [2.45, 2.75) is 44.7 Å². The lowest BCUT2D eigenvalue weighted by molar-refractivity contribution is -0.144. The van der Waals surface area contributed by atoms with E-state index in [9.17, 15) is 9.90 Å². The third kappa shape index (κ3) is 3.27. The SMILES string of the molecule is CCC(C(=O)O)N1CCN(C2(C)CCNCC2)CC1. The van der Waals surface area contributed by atoms with Gasteiger partial charge in [-0.2, -0.15) is 0 Å². The molecule has 1 unspecified atom stereocenters. The van der Waals surface area contributed by atoms with Crippen molar-refractivity contribution < 1.29 is 9.90 Å². The third-order valence-corrected chi connectivity index (χ3v) is 4.87. The van der Waals surface area contributed by atoms with Crippen LogP contribution in [0.1, 0.15) is 33.1 Å². The lowest BCUT2D eigenvalue weighted by Gasteiger charge is -2.48. The lowest BCUT2D eigenvalue weighted by Crippen LogP contribution is -2.60. The van der Waals surface area contributed by atoms with Crippen LogP contribution in [0.5, 0.6) is 0 Å². The fourth-order valence-corrected chi connectivity index (χ4v) is 3.44. The fraction of sp³-hybridized carbons (Fsp3) is 0.929. The van der Waals surface area contributed by atoms with Gasteiger partial charge in [-0.25, -0.2) is 0 Å². The molecule has 0 radical (unpaired) electrons. The van der Waals surface area contributed by atoms with Gasteiger partial charge < -0.3 is 10.4 Å². The summed E-state index contributed by atoms with van der Waals surface area (Å²) in [6, 6.07) is -0.303. The molecular weight excluding hydrogens is 242 g/mol. The third-order valence-electron chi connectivity index (χ3n) is 4.87. The van der Waals surface area contributed by atoms with Crippen LogP contribution in [-0.4, -0.2) is 71.7 Å². The van der Waals surface area contributed by atoms with Crippen molar-refractivity contribution in [3.63, 3.8) is 0 Å². The number of aliphatic carboxylic acids is 1. The maximum absolute atomic E-state index is 11.2. The van der Waals surface area contributed by atoms with Gasteiger partial charge in [-0.3, -0.25) is 14.6 Å². The first-order valence-corrected chi connectivity index (χ1v) is 7.49. The highest BCUT2D eigenvalue weighted by atomic mass is 16.4. The first-order chi connectivity index (χ1) is 9.07. The molecule has 0 aliphatic carbocycles. The number of nitrogens with zero attached hydrogens (tertiary/aromatic N) is 2. The minimum atomic E-state index is -0.677. The van der Waals surface area contributed by atoms with Gasteiger partial charge in [0.05, 0.1) is 0 Å². The Balaban J connectivity index is 1.89. The Labute approximate surface area is 115 Å². The van der Waals surface area contributed by atoms with Crippen molar-refractivity contribution in [1.29, 1.82) is 0 Å². The van der Waals surface area contributed by atoms with E-state index >= 15 is 0 Å². The van der Waals surface area contributed by atoms with E-state index in [0.29, 0.717) is 12.0 Å². The number of rotatable bonds is 4. The van der Waals surface area contributed by atoms with Crippen LogP contribution in [-0.2, 0) is 4.79 Å². The summed E-state index contributed by atoms with van der Waals surface area (Å²) in [7, 11) is 0. The number of piperazine rings is 1. The average Bonchev–Trinajstić information content (AvgIpc) is 2.40. The maximum Gasteiger partial charge on any atom is 0.320 e. The molecule has 0 aromatic rings. The number of carboxylic acids is 1. The zero-order chi connectivity index (χ0) is 13.9. The Bertz CT molecular complexity index is 308. The van der Waals surface area contributed by atoms with Gasteiger partial charge in [0.2, 0.25) is 0 Å². The summed E-state index contributed by atoms with van der Waals surface area (Å²) in [5, 5.41) is 12.6. The number of hydrogen-bond acceptors (Lipinski definition) is 4. The normalized spacial score (nSPS) is 27.1. The highest BCUT2D eigenvalue weighted by Gasteiger charge is 2.36. The Morgan fingerprint density at radius 2 is 1.84 bits per heavy atom. The smallest absolute Gasteiger partial charge is 0.320 e. The van der Waals surface area contributed by atoms with Crippen molar-refractivity contribution in [3.05, 3.63) is 0 Å². The van der Waals surface area contributed by atoms with Gasteiger partial charge in [-0.15, -0.1) is 0 Å². The van der Waals surface area contributed by atoms with Crippen LogP contribution in [0.15, 0.2) is 0 Å².